The first-order valence-electron chi connectivity index (χ1n) is 6.08. The lowest BCUT2D eigenvalue weighted by molar-refractivity contribution is 0.240. The average Bonchev–Trinajstić information content (AvgIpc) is 2.48. The second-order valence-corrected chi connectivity index (χ2v) is 4.26. The Kier molecular flexibility index (Phi) is 2.98. The predicted octanol–water partition coefficient (Wildman–Crippen LogP) is 2.44. The highest BCUT2D eigenvalue weighted by Crippen LogP contribution is 2.17. The topological polar surface area (TPSA) is 53.5 Å². The summed E-state index contributed by atoms with van der Waals surface area (Å²) < 4.78 is 0. The molecular weight excluding hydrogens is 238 g/mol. The number of rotatable bonds is 2. The smallest absolute Gasteiger partial charge is 0.312 e. The summed E-state index contributed by atoms with van der Waals surface area (Å²) in [7, 11) is 0. The van der Waals surface area contributed by atoms with E-state index in [2.05, 4.69) is 15.6 Å². The Hall–Kier alpha value is -2.62. The van der Waals surface area contributed by atoms with Gasteiger partial charge in [-0.3, -0.25) is 5.32 Å². The molecule has 94 valence electrons. The lowest BCUT2D eigenvalue weighted by atomic mass is 10.1. The van der Waals surface area contributed by atoms with Gasteiger partial charge in [-0.05, 0) is 5.56 Å². The summed E-state index contributed by atoms with van der Waals surface area (Å²) in [5.41, 5.74) is 1.86. The van der Waals surface area contributed by atoms with Crippen molar-refractivity contribution < 1.29 is 4.79 Å². The van der Waals surface area contributed by atoms with Crippen LogP contribution in [0.25, 0.3) is 0 Å². The summed E-state index contributed by atoms with van der Waals surface area (Å²) in [6.07, 6.45) is -0.342. The molecule has 0 saturated carbocycles. The number of nitrogens with one attached hydrogen (secondary N) is 2. The third-order valence-electron chi connectivity index (χ3n) is 2.92. The molecular formula is C15H13N3O. The number of amides is 2. The van der Waals surface area contributed by atoms with Gasteiger partial charge in [0.1, 0.15) is 5.84 Å². The molecule has 0 fully saturated rings. The number of hydrogen-bond acceptors (Lipinski definition) is 2. The van der Waals surface area contributed by atoms with Gasteiger partial charge in [0.05, 0.1) is 0 Å². The van der Waals surface area contributed by atoms with Gasteiger partial charge in [-0.1, -0.05) is 60.7 Å². The Morgan fingerprint density at radius 2 is 1.53 bits per heavy atom. The monoisotopic (exact) mass is 251 g/mol. The molecule has 0 radical (unpaired) electrons. The van der Waals surface area contributed by atoms with E-state index in [4.69, 9.17) is 0 Å². The first-order chi connectivity index (χ1) is 9.33. The lowest BCUT2D eigenvalue weighted by Gasteiger charge is -2.23. The fourth-order valence-electron chi connectivity index (χ4n) is 2.00. The Labute approximate surface area is 111 Å². The maximum absolute atomic E-state index is 11.7. The van der Waals surface area contributed by atoms with Crippen molar-refractivity contribution in [2.24, 2.45) is 4.99 Å². The molecule has 4 nitrogen and oxygen atoms in total. The Morgan fingerprint density at radius 3 is 2.21 bits per heavy atom. The van der Waals surface area contributed by atoms with Crippen LogP contribution >= 0.6 is 0 Å². The summed E-state index contributed by atoms with van der Waals surface area (Å²) in [5, 5.41) is 5.53. The predicted molar refractivity (Wildman–Crippen MR) is 73.8 cm³/mol. The van der Waals surface area contributed by atoms with Gasteiger partial charge in [-0.15, -0.1) is 0 Å². The normalized spacial score (nSPS) is 18.2. The molecule has 1 atom stereocenters. The minimum absolute atomic E-state index is 0.234. The number of carbonyl (C=O) groups is 1. The zero-order valence-electron chi connectivity index (χ0n) is 10.2. The highest BCUT2D eigenvalue weighted by atomic mass is 16.2. The van der Waals surface area contributed by atoms with Crippen molar-refractivity contribution in [2.45, 2.75) is 6.17 Å². The highest BCUT2D eigenvalue weighted by Gasteiger charge is 2.21. The summed E-state index contributed by atoms with van der Waals surface area (Å²) in [5.74, 6) is 0.596. The van der Waals surface area contributed by atoms with Crippen molar-refractivity contribution in [1.29, 1.82) is 0 Å². The maximum atomic E-state index is 11.7. The van der Waals surface area contributed by atoms with E-state index in [1.807, 2.05) is 60.7 Å². The Bertz CT molecular complexity index is 608. The van der Waals surface area contributed by atoms with Crippen LogP contribution in [0, 0.1) is 0 Å². The van der Waals surface area contributed by atoms with Crippen LogP contribution in [0.4, 0.5) is 4.79 Å². The SMILES string of the molecule is O=C1NC(c2ccccc2)=NC(c2ccccc2)N1. The van der Waals surface area contributed by atoms with Gasteiger partial charge in [0.2, 0.25) is 0 Å². The average molecular weight is 251 g/mol. The second-order valence-electron chi connectivity index (χ2n) is 4.26. The van der Waals surface area contributed by atoms with Crippen LogP contribution in [-0.4, -0.2) is 11.9 Å². The molecule has 2 aromatic carbocycles. The van der Waals surface area contributed by atoms with Crippen molar-refractivity contribution in [3.8, 4) is 0 Å². The zero-order chi connectivity index (χ0) is 13.1. The molecule has 0 saturated heterocycles. The van der Waals surface area contributed by atoms with E-state index in [0.29, 0.717) is 5.84 Å². The highest BCUT2D eigenvalue weighted by molar-refractivity contribution is 6.08. The first-order valence-corrected chi connectivity index (χ1v) is 6.08. The zero-order valence-corrected chi connectivity index (χ0v) is 10.2. The van der Waals surface area contributed by atoms with Crippen LogP contribution in [0.5, 0.6) is 0 Å². The number of urea groups is 1. The van der Waals surface area contributed by atoms with Gasteiger partial charge < -0.3 is 5.32 Å². The van der Waals surface area contributed by atoms with E-state index in [1.54, 1.807) is 0 Å². The van der Waals surface area contributed by atoms with Crippen LogP contribution in [0.2, 0.25) is 0 Å². The van der Waals surface area contributed by atoms with Gasteiger partial charge in [0, 0.05) is 5.56 Å². The van der Waals surface area contributed by atoms with Crippen LogP contribution in [0.1, 0.15) is 17.3 Å². The molecule has 0 bridgehead atoms. The molecule has 0 aliphatic carbocycles. The third kappa shape index (κ3) is 2.47. The number of aliphatic imine (C=N–C) groups is 1. The van der Waals surface area contributed by atoms with Crippen molar-refractivity contribution in [1.82, 2.24) is 10.6 Å². The molecule has 1 heterocycles. The van der Waals surface area contributed by atoms with Gasteiger partial charge in [-0.25, -0.2) is 9.79 Å². The first kappa shape index (κ1) is 11.5. The molecule has 1 aliphatic rings. The number of hydrogen-bond donors (Lipinski definition) is 2. The molecule has 2 N–H and O–H groups in total. The quantitative estimate of drug-likeness (QED) is 0.846. The van der Waals surface area contributed by atoms with Crippen molar-refractivity contribution in [2.75, 3.05) is 0 Å². The van der Waals surface area contributed by atoms with Crippen LogP contribution in [0.3, 0.4) is 0 Å². The Morgan fingerprint density at radius 1 is 0.895 bits per heavy atom. The minimum Gasteiger partial charge on any atom is -0.312 e. The van der Waals surface area contributed by atoms with Crippen molar-refractivity contribution >= 4 is 11.9 Å². The van der Waals surface area contributed by atoms with Crippen molar-refractivity contribution in [3.63, 3.8) is 0 Å². The largest absolute Gasteiger partial charge is 0.322 e. The standard InChI is InChI=1S/C15H13N3O/c19-15-17-13(11-7-3-1-4-8-11)16-14(18-15)12-9-5-2-6-10-12/h1-10,13H,(H2,16,17,18,19). The molecule has 1 unspecified atom stereocenters. The number of carbonyl (C=O) groups excluding carboxylic acids is 1. The lowest BCUT2D eigenvalue weighted by Crippen LogP contribution is -2.46. The van der Waals surface area contributed by atoms with E-state index in [9.17, 15) is 4.79 Å². The van der Waals surface area contributed by atoms with Gasteiger partial charge >= 0.3 is 6.03 Å². The minimum atomic E-state index is -0.342. The second kappa shape index (κ2) is 4.94. The molecule has 4 heteroatoms. The fourth-order valence-corrected chi connectivity index (χ4v) is 2.00. The van der Waals surface area contributed by atoms with Gasteiger partial charge in [-0.2, -0.15) is 0 Å². The van der Waals surface area contributed by atoms with Crippen molar-refractivity contribution in [3.05, 3.63) is 71.8 Å². The molecule has 3 rings (SSSR count). The summed E-state index contributed by atoms with van der Waals surface area (Å²) >= 11 is 0. The summed E-state index contributed by atoms with van der Waals surface area (Å²) in [6.45, 7) is 0. The number of amidine groups is 1. The number of benzene rings is 2. The van der Waals surface area contributed by atoms with Crippen LogP contribution in [-0.2, 0) is 0 Å². The van der Waals surface area contributed by atoms with E-state index in [-0.39, 0.29) is 12.2 Å². The molecule has 0 spiro atoms. The third-order valence-corrected chi connectivity index (χ3v) is 2.92. The van der Waals surface area contributed by atoms with Gasteiger partial charge in [0.15, 0.2) is 6.17 Å². The molecule has 2 aromatic rings. The molecule has 0 aromatic heterocycles. The van der Waals surface area contributed by atoms with E-state index < -0.39 is 0 Å². The fraction of sp³-hybridized carbons (Fsp3) is 0.0667. The number of nitrogens with zero attached hydrogens (tertiary/aromatic N) is 1. The Balaban J connectivity index is 1.97. The van der Waals surface area contributed by atoms with E-state index in [0.717, 1.165) is 11.1 Å². The molecule has 19 heavy (non-hydrogen) atoms. The van der Waals surface area contributed by atoms with Crippen LogP contribution in [0.15, 0.2) is 65.7 Å². The van der Waals surface area contributed by atoms with Crippen LogP contribution < -0.4 is 10.6 Å². The molecule has 2 amide bonds. The summed E-state index contributed by atoms with van der Waals surface area (Å²) in [6, 6.07) is 19.1. The summed E-state index contributed by atoms with van der Waals surface area (Å²) in [4.78, 5) is 16.3. The van der Waals surface area contributed by atoms with Gasteiger partial charge in [0.25, 0.3) is 0 Å². The molecule has 1 aliphatic heterocycles. The van der Waals surface area contributed by atoms with E-state index in [1.165, 1.54) is 0 Å². The maximum Gasteiger partial charge on any atom is 0.322 e. The van der Waals surface area contributed by atoms with E-state index >= 15 is 0 Å².